The highest BCUT2D eigenvalue weighted by molar-refractivity contribution is 14.1. The molecule has 0 unspecified atom stereocenters. The summed E-state index contributed by atoms with van der Waals surface area (Å²) in [6, 6.07) is 3.70. The van der Waals surface area contributed by atoms with Crippen LogP contribution < -0.4 is 14.8 Å². The number of methoxy groups -OCH3 is 2. The Labute approximate surface area is 180 Å². The van der Waals surface area contributed by atoms with Crippen molar-refractivity contribution in [1.82, 2.24) is 5.32 Å². The topological polar surface area (TPSA) is 98.6 Å². The summed E-state index contributed by atoms with van der Waals surface area (Å²) in [4.78, 5) is 23.2. The molecule has 2 rings (SSSR count). The van der Waals surface area contributed by atoms with Gasteiger partial charge >= 0.3 is 5.97 Å². The maximum atomic E-state index is 11.8. The highest BCUT2D eigenvalue weighted by Crippen LogP contribution is 2.33. The summed E-state index contributed by atoms with van der Waals surface area (Å²) in [6.45, 7) is 2.73. The second-order valence-electron chi connectivity index (χ2n) is 5.47. The zero-order chi connectivity index (χ0) is 20.5. The van der Waals surface area contributed by atoms with Crippen LogP contribution in [0.1, 0.15) is 25.3 Å². The Morgan fingerprint density at radius 2 is 2.14 bits per heavy atom. The lowest BCUT2D eigenvalue weighted by Crippen LogP contribution is -2.19. The van der Waals surface area contributed by atoms with Gasteiger partial charge in [-0.15, -0.1) is 5.10 Å². The third-order valence-electron chi connectivity index (χ3n) is 3.45. The molecule has 1 aliphatic rings. The monoisotopic (exact) mass is 517 g/mol. The molecule has 1 amide bonds. The van der Waals surface area contributed by atoms with E-state index in [4.69, 9.17) is 9.47 Å². The highest BCUT2D eigenvalue weighted by atomic mass is 127. The molecule has 0 bridgehead atoms. The quantitative estimate of drug-likeness (QED) is 0.142. The fraction of sp³-hybridized carbons (Fsp3) is 0.333. The number of hydrogen-bond acceptors (Lipinski definition) is 8. The largest absolute Gasteiger partial charge is 0.493 e. The summed E-state index contributed by atoms with van der Waals surface area (Å²) in [5.41, 5.74) is 0.771. The van der Waals surface area contributed by atoms with E-state index in [1.165, 1.54) is 7.11 Å². The van der Waals surface area contributed by atoms with E-state index in [0.29, 0.717) is 18.1 Å². The first-order valence-electron chi connectivity index (χ1n) is 8.38. The minimum absolute atomic E-state index is 0.200. The summed E-state index contributed by atoms with van der Waals surface area (Å²) in [5.74, 6) is 0.291. The van der Waals surface area contributed by atoms with E-state index < -0.39 is 11.9 Å². The van der Waals surface area contributed by atoms with Crippen LogP contribution in [0.15, 0.2) is 33.3 Å². The maximum Gasteiger partial charge on any atom is 0.331 e. The Kier molecular flexibility index (Phi) is 8.77. The number of carbonyl (C=O) groups excluding carboxylic acids is 2. The number of halogens is 1. The van der Waals surface area contributed by atoms with E-state index >= 15 is 0 Å². The molecular formula is C18H20IN3O5S. The van der Waals surface area contributed by atoms with E-state index in [1.54, 1.807) is 19.4 Å². The van der Waals surface area contributed by atoms with Crippen LogP contribution >= 0.6 is 34.4 Å². The van der Waals surface area contributed by atoms with Gasteiger partial charge in [-0.25, -0.2) is 4.79 Å². The number of thioether (sulfide) groups is 1. The Balaban J connectivity index is 2.11. The smallest absolute Gasteiger partial charge is 0.331 e. The molecule has 0 spiro atoms. The number of ether oxygens (including phenoxy) is 3. The Morgan fingerprint density at radius 3 is 2.82 bits per heavy atom. The van der Waals surface area contributed by atoms with E-state index in [-0.39, 0.29) is 10.1 Å². The number of amides is 1. The van der Waals surface area contributed by atoms with Crippen LogP contribution in [0, 0.1) is 3.57 Å². The minimum atomic E-state index is -0.606. The summed E-state index contributed by atoms with van der Waals surface area (Å²) >= 11 is 3.19. The summed E-state index contributed by atoms with van der Waals surface area (Å²) in [7, 11) is 2.82. The van der Waals surface area contributed by atoms with Crippen LogP contribution in [0.3, 0.4) is 0 Å². The van der Waals surface area contributed by atoms with Crippen LogP contribution in [0.25, 0.3) is 0 Å². The van der Waals surface area contributed by atoms with Crippen molar-refractivity contribution in [3.63, 3.8) is 0 Å². The Bertz CT molecular complexity index is 839. The van der Waals surface area contributed by atoms with Crippen LogP contribution in [0.4, 0.5) is 0 Å². The zero-order valence-electron chi connectivity index (χ0n) is 15.7. The first kappa shape index (κ1) is 22.2. The molecule has 1 N–H and O–H groups in total. The van der Waals surface area contributed by atoms with Gasteiger partial charge in [-0.1, -0.05) is 13.3 Å². The van der Waals surface area contributed by atoms with Crippen molar-refractivity contribution in [2.75, 3.05) is 20.8 Å². The van der Waals surface area contributed by atoms with Crippen LogP contribution in [0.2, 0.25) is 0 Å². The van der Waals surface area contributed by atoms with Gasteiger partial charge in [-0.3, -0.25) is 10.1 Å². The van der Waals surface area contributed by atoms with Crippen LogP contribution in [0.5, 0.6) is 11.5 Å². The molecule has 150 valence electrons. The molecule has 0 radical (unpaired) electrons. The molecule has 1 fully saturated rings. The van der Waals surface area contributed by atoms with Crippen molar-refractivity contribution in [2.45, 2.75) is 19.8 Å². The molecule has 0 atom stereocenters. The summed E-state index contributed by atoms with van der Waals surface area (Å²) in [6.07, 6.45) is 4.67. The molecule has 1 aromatic rings. The van der Waals surface area contributed by atoms with Crippen LogP contribution in [-0.4, -0.2) is 44.1 Å². The molecule has 8 nitrogen and oxygen atoms in total. The van der Waals surface area contributed by atoms with Gasteiger partial charge in [-0.2, -0.15) is 5.10 Å². The number of benzene rings is 1. The van der Waals surface area contributed by atoms with Gasteiger partial charge in [0.1, 0.15) is 0 Å². The molecule has 0 aliphatic carbocycles. The normalized spacial score (nSPS) is 16.6. The van der Waals surface area contributed by atoms with Crippen molar-refractivity contribution in [2.24, 2.45) is 10.2 Å². The molecule has 0 saturated carbocycles. The molecular weight excluding hydrogens is 497 g/mol. The average Bonchev–Trinajstić information content (AvgIpc) is 3.02. The van der Waals surface area contributed by atoms with Gasteiger partial charge in [0, 0.05) is 6.08 Å². The predicted molar refractivity (Wildman–Crippen MR) is 117 cm³/mol. The maximum absolute atomic E-state index is 11.8. The van der Waals surface area contributed by atoms with Gasteiger partial charge in [0.15, 0.2) is 16.7 Å². The zero-order valence-corrected chi connectivity index (χ0v) is 18.6. The Morgan fingerprint density at radius 1 is 1.36 bits per heavy atom. The van der Waals surface area contributed by atoms with Gasteiger partial charge in [0.05, 0.1) is 35.5 Å². The fourth-order valence-electron chi connectivity index (χ4n) is 2.06. The lowest BCUT2D eigenvalue weighted by Gasteiger charge is -2.13. The second-order valence-corrected chi connectivity index (χ2v) is 7.67. The van der Waals surface area contributed by atoms with Gasteiger partial charge in [-0.05, 0) is 58.5 Å². The summed E-state index contributed by atoms with van der Waals surface area (Å²) in [5, 5.41) is 10.8. The molecule has 1 aliphatic heterocycles. The predicted octanol–water partition coefficient (Wildman–Crippen LogP) is 3.09. The number of nitrogens with one attached hydrogen (secondary N) is 1. The number of amidine groups is 1. The summed E-state index contributed by atoms with van der Waals surface area (Å²) < 4.78 is 16.6. The lowest BCUT2D eigenvalue weighted by molar-refractivity contribution is -0.135. The molecule has 28 heavy (non-hydrogen) atoms. The SMILES string of the molecule is CCCCOc1c(I)cc(C=N/N=C2/NC(=O)/C(=C\C(=O)OC)S2)cc1OC. The van der Waals surface area contributed by atoms with Crippen molar-refractivity contribution in [1.29, 1.82) is 0 Å². The molecule has 1 heterocycles. The second kappa shape index (κ2) is 11.1. The number of nitrogens with zero attached hydrogens (tertiary/aromatic N) is 2. The number of esters is 1. The fourth-order valence-corrected chi connectivity index (χ4v) is 3.58. The molecule has 10 heteroatoms. The van der Waals surface area contributed by atoms with E-state index in [2.05, 4.69) is 49.8 Å². The van der Waals surface area contributed by atoms with E-state index in [1.807, 2.05) is 6.07 Å². The van der Waals surface area contributed by atoms with Crippen molar-refractivity contribution in [3.8, 4) is 11.5 Å². The van der Waals surface area contributed by atoms with Gasteiger partial charge < -0.3 is 14.2 Å². The number of hydrogen-bond donors (Lipinski definition) is 1. The van der Waals surface area contributed by atoms with Gasteiger partial charge in [0.2, 0.25) is 0 Å². The van der Waals surface area contributed by atoms with Crippen molar-refractivity contribution in [3.05, 3.63) is 32.2 Å². The number of unbranched alkanes of at least 4 members (excludes halogenated alkanes) is 1. The Hall–Kier alpha value is -2.08. The number of rotatable bonds is 8. The highest BCUT2D eigenvalue weighted by Gasteiger charge is 2.25. The number of carbonyl (C=O) groups is 2. The lowest BCUT2D eigenvalue weighted by atomic mass is 10.2. The van der Waals surface area contributed by atoms with E-state index in [9.17, 15) is 9.59 Å². The average molecular weight is 517 g/mol. The molecule has 1 saturated heterocycles. The third kappa shape index (κ3) is 6.23. The van der Waals surface area contributed by atoms with Crippen molar-refractivity contribution < 1.29 is 23.8 Å². The van der Waals surface area contributed by atoms with Gasteiger partial charge in [0.25, 0.3) is 5.91 Å². The first-order chi connectivity index (χ1) is 13.5. The standard InChI is InChI=1S/C18H20IN3O5S/c1-4-5-6-27-16-12(19)7-11(8-13(16)25-2)10-20-22-18-21-17(24)14(28-18)9-15(23)26-3/h7-10H,4-6H2,1-3H3,(H,21,22,24)/b14-9+,20-10?. The minimum Gasteiger partial charge on any atom is -0.493 e. The first-order valence-corrected chi connectivity index (χ1v) is 10.3. The molecule has 0 aromatic heterocycles. The molecule has 1 aromatic carbocycles. The van der Waals surface area contributed by atoms with Crippen LogP contribution in [-0.2, 0) is 14.3 Å². The third-order valence-corrected chi connectivity index (χ3v) is 5.15. The van der Waals surface area contributed by atoms with E-state index in [0.717, 1.165) is 39.8 Å². The van der Waals surface area contributed by atoms with Crippen molar-refractivity contribution >= 4 is 57.6 Å².